The van der Waals surface area contributed by atoms with Crippen LogP contribution in [0.15, 0.2) is 24.3 Å². The monoisotopic (exact) mass is 250 g/mol. The lowest BCUT2D eigenvalue weighted by Gasteiger charge is -2.35. The van der Waals surface area contributed by atoms with Crippen molar-refractivity contribution in [2.24, 2.45) is 5.92 Å². The number of hydrogen-bond acceptors (Lipinski definition) is 2. The van der Waals surface area contributed by atoms with E-state index in [1.54, 1.807) is 6.07 Å². The Bertz CT molecular complexity index is 381. The molecule has 1 fully saturated rings. The maximum Gasteiger partial charge on any atom is 0.123 e. The molecular weight excluding hydrogens is 227 g/mol. The second-order valence-electron chi connectivity index (χ2n) is 5.38. The van der Waals surface area contributed by atoms with Crippen LogP contribution in [0, 0.1) is 11.7 Å². The molecule has 1 aliphatic heterocycles. The van der Waals surface area contributed by atoms with Crippen molar-refractivity contribution in [1.29, 1.82) is 0 Å². The summed E-state index contributed by atoms with van der Waals surface area (Å²) in [6.45, 7) is 3.22. The van der Waals surface area contributed by atoms with Crippen LogP contribution >= 0.6 is 0 Å². The highest BCUT2D eigenvalue weighted by Crippen LogP contribution is 2.31. The van der Waals surface area contributed by atoms with Gasteiger partial charge in [0.15, 0.2) is 0 Å². The van der Waals surface area contributed by atoms with Crippen LogP contribution < -0.4 is 5.32 Å². The molecular formula is C15H23FN2. The van der Waals surface area contributed by atoms with Gasteiger partial charge in [0.1, 0.15) is 5.82 Å². The standard InChI is InChI=1S/C15H23FN2/c1-17-10-15(12-5-3-7-14(16)9-12)13-6-4-8-18(2)11-13/h3,5,7,9,13,15,17H,4,6,8,10-11H2,1-2H3. The maximum absolute atomic E-state index is 13.4. The summed E-state index contributed by atoms with van der Waals surface area (Å²) in [4.78, 5) is 2.39. The first-order valence-electron chi connectivity index (χ1n) is 6.79. The minimum atomic E-state index is -0.127. The van der Waals surface area contributed by atoms with Gasteiger partial charge in [0.25, 0.3) is 0 Å². The first-order valence-corrected chi connectivity index (χ1v) is 6.79. The van der Waals surface area contributed by atoms with Crippen LogP contribution in [0.4, 0.5) is 4.39 Å². The Balaban J connectivity index is 2.16. The lowest BCUT2D eigenvalue weighted by molar-refractivity contribution is 0.185. The van der Waals surface area contributed by atoms with Gasteiger partial charge in [-0.1, -0.05) is 12.1 Å². The maximum atomic E-state index is 13.4. The van der Waals surface area contributed by atoms with Gasteiger partial charge in [0.05, 0.1) is 0 Å². The van der Waals surface area contributed by atoms with E-state index >= 15 is 0 Å². The number of piperidine rings is 1. The van der Waals surface area contributed by atoms with Gasteiger partial charge in [0.2, 0.25) is 0 Å². The molecule has 0 aliphatic carbocycles. The van der Waals surface area contributed by atoms with Crippen molar-refractivity contribution in [3.8, 4) is 0 Å². The summed E-state index contributed by atoms with van der Waals surface area (Å²) < 4.78 is 13.4. The third-order valence-corrected chi connectivity index (χ3v) is 3.93. The zero-order valence-corrected chi connectivity index (χ0v) is 11.3. The molecule has 0 radical (unpaired) electrons. The van der Waals surface area contributed by atoms with Gasteiger partial charge in [-0.15, -0.1) is 0 Å². The number of halogens is 1. The molecule has 3 heteroatoms. The Hall–Kier alpha value is -0.930. The fourth-order valence-corrected chi connectivity index (χ4v) is 3.05. The minimum Gasteiger partial charge on any atom is -0.319 e. The van der Waals surface area contributed by atoms with E-state index in [9.17, 15) is 4.39 Å². The Kier molecular flexibility index (Phi) is 4.72. The fourth-order valence-electron chi connectivity index (χ4n) is 3.05. The van der Waals surface area contributed by atoms with Crippen LogP contribution in [-0.2, 0) is 0 Å². The first kappa shape index (κ1) is 13.5. The number of hydrogen-bond donors (Lipinski definition) is 1. The average Bonchev–Trinajstić information content (AvgIpc) is 2.36. The van der Waals surface area contributed by atoms with Gasteiger partial charge in [-0.05, 0) is 57.1 Å². The summed E-state index contributed by atoms with van der Waals surface area (Å²) in [7, 11) is 4.15. The highest BCUT2D eigenvalue weighted by atomic mass is 19.1. The predicted molar refractivity (Wildman–Crippen MR) is 73.3 cm³/mol. The second kappa shape index (κ2) is 6.30. The van der Waals surface area contributed by atoms with E-state index in [0.29, 0.717) is 11.8 Å². The zero-order valence-electron chi connectivity index (χ0n) is 11.3. The number of benzene rings is 1. The zero-order chi connectivity index (χ0) is 13.0. The van der Waals surface area contributed by atoms with Crippen LogP contribution in [0.2, 0.25) is 0 Å². The molecule has 1 aromatic carbocycles. The molecule has 0 aromatic heterocycles. The van der Waals surface area contributed by atoms with Crippen molar-refractivity contribution in [1.82, 2.24) is 10.2 Å². The molecule has 100 valence electrons. The van der Waals surface area contributed by atoms with Gasteiger partial charge in [0, 0.05) is 19.0 Å². The van der Waals surface area contributed by atoms with Crippen molar-refractivity contribution in [3.05, 3.63) is 35.6 Å². The lowest BCUT2D eigenvalue weighted by Crippen LogP contribution is -2.37. The highest BCUT2D eigenvalue weighted by Gasteiger charge is 2.26. The summed E-state index contributed by atoms with van der Waals surface area (Å²) in [5.74, 6) is 0.907. The summed E-state index contributed by atoms with van der Waals surface area (Å²) in [5, 5.41) is 3.26. The van der Waals surface area contributed by atoms with Crippen LogP contribution in [0.25, 0.3) is 0 Å². The predicted octanol–water partition coefficient (Wildman–Crippen LogP) is 2.47. The van der Waals surface area contributed by atoms with Crippen molar-refractivity contribution in [2.45, 2.75) is 18.8 Å². The molecule has 1 heterocycles. The average molecular weight is 250 g/mol. The highest BCUT2D eigenvalue weighted by molar-refractivity contribution is 5.22. The van der Waals surface area contributed by atoms with Gasteiger partial charge in [-0.3, -0.25) is 0 Å². The quantitative estimate of drug-likeness (QED) is 0.883. The van der Waals surface area contributed by atoms with Crippen molar-refractivity contribution < 1.29 is 4.39 Å². The van der Waals surface area contributed by atoms with E-state index in [1.807, 2.05) is 13.1 Å². The number of likely N-dealkylation sites (tertiary alicyclic amines) is 1. The smallest absolute Gasteiger partial charge is 0.123 e. The van der Waals surface area contributed by atoms with Gasteiger partial charge in [-0.25, -0.2) is 4.39 Å². The molecule has 0 bridgehead atoms. The third-order valence-electron chi connectivity index (χ3n) is 3.93. The second-order valence-corrected chi connectivity index (χ2v) is 5.38. The van der Waals surface area contributed by atoms with E-state index in [2.05, 4.69) is 23.3 Å². The molecule has 2 atom stereocenters. The topological polar surface area (TPSA) is 15.3 Å². The number of nitrogens with one attached hydrogen (secondary N) is 1. The number of nitrogens with zero attached hydrogens (tertiary/aromatic N) is 1. The molecule has 1 aromatic rings. The summed E-state index contributed by atoms with van der Waals surface area (Å²) in [5.41, 5.74) is 1.13. The van der Waals surface area contributed by atoms with Gasteiger partial charge in [-0.2, -0.15) is 0 Å². The van der Waals surface area contributed by atoms with E-state index < -0.39 is 0 Å². The summed E-state index contributed by atoms with van der Waals surface area (Å²) in [6, 6.07) is 7.09. The molecule has 2 unspecified atom stereocenters. The molecule has 2 rings (SSSR count). The SMILES string of the molecule is CNCC(c1cccc(F)c1)C1CCCN(C)C1. The lowest BCUT2D eigenvalue weighted by atomic mass is 9.81. The van der Waals surface area contributed by atoms with Crippen molar-refractivity contribution in [3.63, 3.8) is 0 Å². The Labute approximate surface area is 109 Å². The minimum absolute atomic E-state index is 0.127. The van der Waals surface area contributed by atoms with Gasteiger partial charge < -0.3 is 10.2 Å². The normalized spacial score (nSPS) is 22.9. The van der Waals surface area contributed by atoms with Crippen LogP contribution in [0.5, 0.6) is 0 Å². The van der Waals surface area contributed by atoms with Crippen molar-refractivity contribution >= 4 is 0 Å². The largest absolute Gasteiger partial charge is 0.319 e. The van der Waals surface area contributed by atoms with E-state index in [0.717, 1.165) is 18.7 Å². The summed E-state index contributed by atoms with van der Waals surface area (Å²) >= 11 is 0. The Morgan fingerprint density at radius 3 is 3.00 bits per heavy atom. The molecule has 1 N–H and O–H groups in total. The molecule has 18 heavy (non-hydrogen) atoms. The molecule has 1 saturated heterocycles. The Morgan fingerprint density at radius 2 is 2.33 bits per heavy atom. The number of rotatable bonds is 4. The van der Waals surface area contributed by atoms with Gasteiger partial charge >= 0.3 is 0 Å². The number of likely N-dealkylation sites (N-methyl/N-ethyl adjacent to an activating group) is 1. The van der Waals surface area contributed by atoms with E-state index in [1.165, 1.54) is 25.5 Å². The third kappa shape index (κ3) is 3.30. The van der Waals surface area contributed by atoms with E-state index in [4.69, 9.17) is 0 Å². The van der Waals surface area contributed by atoms with Crippen LogP contribution in [-0.4, -0.2) is 38.6 Å². The fraction of sp³-hybridized carbons (Fsp3) is 0.600. The molecule has 0 amide bonds. The van der Waals surface area contributed by atoms with Crippen LogP contribution in [0.3, 0.4) is 0 Å². The molecule has 1 aliphatic rings. The summed E-state index contributed by atoms with van der Waals surface area (Å²) in [6.07, 6.45) is 2.49. The first-order chi connectivity index (χ1) is 8.70. The molecule has 2 nitrogen and oxygen atoms in total. The van der Waals surface area contributed by atoms with Crippen LogP contribution in [0.1, 0.15) is 24.3 Å². The molecule has 0 spiro atoms. The Morgan fingerprint density at radius 1 is 1.50 bits per heavy atom. The van der Waals surface area contributed by atoms with Crippen molar-refractivity contribution in [2.75, 3.05) is 33.7 Å². The van der Waals surface area contributed by atoms with E-state index in [-0.39, 0.29) is 5.82 Å². The molecule has 0 saturated carbocycles.